The molecule has 3 rings (SSSR count). The predicted octanol–water partition coefficient (Wildman–Crippen LogP) is 2.11. The molecule has 19 heavy (non-hydrogen) atoms. The van der Waals surface area contributed by atoms with Crippen molar-refractivity contribution in [3.63, 3.8) is 0 Å². The number of hydrogen-bond donors (Lipinski definition) is 1. The molecule has 1 N–H and O–H groups in total. The number of thioether (sulfide) groups is 1. The summed E-state index contributed by atoms with van der Waals surface area (Å²) in [6, 6.07) is 7.68. The lowest BCUT2D eigenvalue weighted by Gasteiger charge is -2.15. The SMILES string of the molecule is CSc1cccc(NC2CC(=O)N(C3CC3)C2=O)c1. The van der Waals surface area contributed by atoms with Gasteiger partial charge in [-0.3, -0.25) is 14.5 Å². The lowest BCUT2D eigenvalue weighted by Crippen LogP contribution is -2.36. The monoisotopic (exact) mass is 276 g/mol. The number of nitrogens with zero attached hydrogens (tertiary/aromatic N) is 1. The van der Waals surface area contributed by atoms with E-state index in [4.69, 9.17) is 0 Å². The Bertz CT molecular complexity index is 528. The van der Waals surface area contributed by atoms with Crippen LogP contribution in [0.1, 0.15) is 19.3 Å². The van der Waals surface area contributed by atoms with Crippen LogP contribution in [0.4, 0.5) is 5.69 Å². The van der Waals surface area contributed by atoms with Gasteiger partial charge >= 0.3 is 0 Å². The summed E-state index contributed by atoms with van der Waals surface area (Å²) in [5.74, 6) is -0.104. The summed E-state index contributed by atoms with van der Waals surface area (Å²) >= 11 is 1.66. The van der Waals surface area contributed by atoms with E-state index in [2.05, 4.69) is 5.32 Å². The van der Waals surface area contributed by atoms with E-state index in [1.165, 1.54) is 4.90 Å². The Morgan fingerprint density at radius 1 is 1.32 bits per heavy atom. The molecule has 1 aliphatic carbocycles. The average Bonchev–Trinajstić information content (AvgIpc) is 3.19. The zero-order valence-electron chi connectivity index (χ0n) is 10.8. The molecular weight excluding hydrogens is 260 g/mol. The van der Waals surface area contributed by atoms with E-state index in [0.717, 1.165) is 23.4 Å². The predicted molar refractivity (Wildman–Crippen MR) is 75.1 cm³/mol. The number of nitrogens with one attached hydrogen (secondary N) is 1. The molecule has 4 nitrogen and oxygen atoms in total. The molecule has 1 unspecified atom stereocenters. The summed E-state index contributed by atoms with van der Waals surface area (Å²) in [6.07, 6.45) is 4.22. The van der Waals surface area contributed by atoms with Crippen molar-refractivity contribution in [3.8, 4) is 0 Å². The molecule has 1 saturated carbocycles. The van der Waals surface area contributed by atoms with Crippen molar-refractivity contribution in [2.45, 2.75) is 36.2 Å². The molecule has 0 radical (unpaired) electrons. The van der Waals surface area contributed by atoms with Gasteiger partial charge in [0.05, 0.1) is 6.42 Å². The van der Waals surface area contributed by atoms with Crippen molar-refractivity contribution < 1.29 is 9.59 Å². The highest BCUT2D eigenvalue weighted by molar-refractivity contribution is 7.98. The van der Waals surface area contributed by atoms with Gasteiger partial charge in [0.25, 0.3) is 5.91 Å². The molecule has 1 aromatic carbocycles. The van der Waals surface area contributed by atoms with E-state index >= 15 is 0 Å². The maximum atomic E-state index is 12.2. The standard InChI is InChI=1S/C14H16N2O2S/c1-19-11-4-2-3-9(7-11)15-12-8-13(17)16(14(12)18)10-5-6-10/h2-4,7,10,12,15H,5-6,8H2,1H3. The molecule has 2 fully saturated rings. The van der Waals surface area contributed by atoms with Crippen molar-refractivity contribution in [1.82, 2.24) is 4.90 Å². The van der Waals surface area contributed by atoms with Gasteiger partial charge in [0.15, 0.2) is 0 Å². The molecule has 0 aromatic heterocycles. The van der Waals surface area contributed by atoms with E-state index in [1.54, 1.807) is 11.8 Å². The first-order valence-electron chi connectivity index (χ1n) is 6.45. The average molecular weight is 276 g/mol. The Morgan fingerprint density at radius 2 is 2.11 bits per heavy atom. The number of hydrogen-bond acceptors (Lipinski definition) is 4. The summed E-state index contributed by atoms with van der Waals surface area (Å²) in [7, 11) is 0. The quantitative estimate of drug-likeness (QED) is 0.676. The third-order valence-electron chi connectivity index (χ3n) is 3.51. The maximum absolute atomic E-state index is 12.2. The number of benzene rings is 1. The Kier molecular flexibility index (Phi) is 3.22. The number of likely N-dealkylation sites (tertiary alicyclic amines) is 1. The molecule has 1 heterocycles. The number of amides is 2. The molecule has 1 saturated heterocycles. The number of imide groups is 1. The van der Waals surface area contributed by atoms with Crippen LogP contribution in [0.25, 0.3) is 0 Å². The highest BCUT2D eigenvalue weighted by Crippen LogP contribution is 2.32. The fourth-order valence-electron chi connectivity index (χ4n) is 2.39. The largest absolute Gasteiger partial charge is 0.373 e. The molecule has 0 spiro atoms. The molecule has 2 amide bonds. The smallest absolute Gasteiger partial charge is 0.252 e. The summed E-state index contributed by atoms with van der Waals surface area (Å²) in [4.78, 5) is 26.6. The van der Waals surface area contributed by atoms with Crippen LogP contribution in [0, 0.1) is 0 Å². The van der Waals surface area contributed by atoms with Gasteiger partial charge in [-0.15, -0.1) is 11.8 Å². The van der Waals surface area contributed by atoms with Crippen LogP contribution in [0.15, 0.2) is 29.2 Å². The van der Waals surface area contributed by atoms with Crippen molar-refractivity contribution in [1.29, 1.82) is 0 Å². The Balaban J connectivity index is 1.73. The van der Waals surface area contributed by atoms with Crippen molar-refractivity contribution in [2.24, 2.45) is 0 Å². The van der Waals surface area contributed by atoms with Crippen molar-refractivity contribution in [2.75, 3.05) is 11.6 Å². The summed E-state index contributed by atoms with van der Waals surface area (Å²) < 4.78 is 0. The normalized spacial score (nSPS) is 23.0. The molecular formula is C14H16N2O2S. The second-order valence-corrected chi connectivity index (χ2v) is 5.85. The van der Waals surface area contributed by atoms with Gasteiger partial charge in [-0.1, -0.05) is 6.07 Å². The molecule has 0 bridgehead atoms. The van der Waals surface area contributed by atoms with Gasteiger partial charge in [-0.2, -0.15) is 0 Å². The van der Waals surface area contributed by atoms with Gasteiger partial charge in [-0.05, 0) is 37.3 Å². The van der Waals surface area contributed by atoms with Crippen molar-refractivity contribution in [3.05, 3.63) is 24.3 Å². The number of rotatable bonds is 4. The van der Waals surface area contributed by atoms with Gasteiger partial charge in [0.1, 0.15) is 6.04 Å². The molecule has 2 aliphatic rings. The van der Waals surface area contributed by atoms with Crippen LogP contribution >= 0.6 is 11.8 Å². The highest BCUT2D eigenvalue weighted by atomic mass is 32.2. The lowest BCUT2D eigenvalue weighted by molar-refractivity contribution is -0.139. The van der Waals surface area contributed by atoms with Crippen LogP contribution in [-0.4, -0.2) is 35.1 Å². The zero-order chi connectivity index (χ0) is 13.4. The van der Waals surface area contributed by atoms with Crippen LogP contribution in [0.3, 0.4) is 0 Å². The Morgan fingerprint density at radius 3 is 2.79 bits per heavy atom. The van der Waals surface area contributed by atoms with Gasteiger partial charge in [0.2, 0.25) is 5.91 Å². The Hall–Kier alpha value is -1.49. The lowest BCUT2D eigenvalue weighted by atomic mass is 10.2. The topological polar surface area (TPSA) is 49.4 Å². The van der Waals surface area contributed by atoms with E-state index in [-0.39, 0.29) is 24.3 Å². The van der Waals surface area contributed by atoms with E-state index in [1.807, 2.05) is 30.5 Å². The van der Waals surface area contributed by atoms with Gasteiger partial charge < -0.3 is 5.32 Å². The first-order valence-corrected chi connectivity index (χ1v) is 7.68. The highest BCUT2D eigenvalue weighted by Gasteiger charge is 2.46. The Labute approximate surface area is 116 Å². The minimum absolute atomic E-state index is 0.0361. The van der Waals surface area contributed by atoms with Crippen LogP contribution < -0.4 is 5.32 Å². The van der Waals surface area contributed by atoms with Gasteiger partial charge in [-0.25, -0.2) is 0 Å². The zero-order valence-corrected chi connectivity index (χ0v) is 11.6. The molecule has 5 heteroatoms. The van der Waals surface area contributed by atoms with Crippen LogP contribution in [0.2, 0.25) is 0 Å². The summed E-state index contributed by atoms with van der Waals surface area (Å²) in [5, 5.41) is 3.18. The van der Waals surface area contributed by atoms with E-state index in [9.17, 15) is 9.59 Å². The van der Waals surface area contributed by atoms with Crippen molar-refractivity contribution >= 4 is 29.3 Å². The second kappa shape index (κ2) is 4.89. The minimum atomic E-state index is -0.398. The third-order valence-corrected chi connectivity index (χ3v) is 4.23. The minimum Gasteiger partial charge on any atom is -0.373 e. The fraction of sp³-hybridized carbons (Fsp3) is 0.429. The maximum Gasteiger partial charge on any atom is 0.252 e. The number of anilines is 1. The van der Waals surface area contributed by atoms with Crippen LogP contribution in [0.5, 0.6) is 0 Å². The molecule has 100 valence electrons. The first-order chi connectivity index (χ1) is 9.19. The third kappa shape index (κ3) is 2.47. The van der Waals surface area contributed by atoms with E-state index < -0.39 is 6.04 Å². The summed E-state index contributed by atoms with van der Waals surface area (Å²) in [6.45, 7) is 0. The molecule has 1 aliphatic heterocycles. The number of carbonyl (C=O) groups excluding carboxylic acids is 2. The molecule has 1 aromatic rings. The first kappa shape index (κ1) is 12.5. The summed E-state index contributed by atoms with van der Waals surface area (Å²) in [5.41, 5.74) is 0.899. The fourth-order valence-corrected chi connectivity index (χ4v) is 2.85. The number of carbonyl (C=O) groups is 2. The second-order valence-electron chi connectivity index (χ2n) is 4.97. The molecule has 1 atom stereocenters. The van der Waals surface area contributed by atoms with Gasteiger partial charge in [0, 0.05) is 16.6 Å². The van der Waals surface area contributed by atoms with E-state index in [0.29, 0.717) is 0 Å². The van der Waals surface area contributed by atoms with Crippen LogP contribution in [-0.2, 0) is 9.59 Å².